The number of carbonyl (C=O) groups excluding carboxylic acids is 1. The van der Waals surface area contributed by atoms with Crippen molar-refractivity contribution in [2.24, 2.45) is 4.99 Å². The van der Waals surface area contributed by atoms with E-state index in [1.54, 1.807) is 33.5 Å². The molecule has 4 aromatic rings. The highest BCUT2D eigenvalue weighted by atomic mass is 16.5. The van der Waals surface area contributed by atoms with E-state index in [4.69, 9.17) is 23.6 Å². The van der Waals surface area contributed by atoms with Crippen molar-refractivity contribution in [1.29, 1.82) is 0 Å². The van der Waals surface area contributed by atoms with Crippen molar-refractivity contribution in [3.05, 3.63) is 75.8 Å². The van der Waals surface area contributed by atoms with Crippen molar-refractivity contribution in [1.82, 2.24) is 0 Å². The molecule has 0 fully saturated rings. The van der Waals surface area contributed by atoms with Crippen LogP contribution >= 0.6 is 0 Å². The molecule has 0 unspecified atom stereocenters. The molecule has 1 aromatic heterocycles. The van der Waals surface area contributed by atoms with Crippen molar-refractivity contribution >= 4 is 33.9 Å². The number of carbonyl (C=O) groups is 1. The molecule has 8 nitrogen and oxygen atoms in total. The standard InChI is InChI=1S/C33H35N3O5/c1-19-12-20(2)14-23(13-19)34-32(37)26-16-22-15-21-8-6-10-36-11-7-9-25(29(21)36)30(22)41-33(26)35-24-17-27(38-3)31(40-5)28(18-24)39-4/h12-18H,6-11H2,1-5H3,(H,34,37). The summed E-state index contributed by atoms with van der Waals surface area (Å²) in [5, 5.41) is 3.98. The fraction of sp³-hybridized carbons (Fsp3) is 0.333. The van der Waals surface area contributed by atoms with Crippen LogP contribution in [0.15, 0.2) is 51.9 Å². The van der Waals surface area contributed by atoms with Gasteiger partial charge in [0.1, 0.15) is 11.1 Å². The molecule has 3 heterocycles. The molecule has 8 heteroatoms. The zero-order valence-electron chi connectivity index (χ0n) is 24.2. The minimum Gasteiger partial charge on any atom is -0.493 e. The summed E-state index contributed by atoms with van der Waals surface area (Å²) in [6, 6.07) is 13.6. The second-order valence-corrected chi connectivity index (χ2v) is 10.8. The van der Waals surface area contributed by atoms with E-state index in [1.807, 2.05) is 32.0 Å². The van der Waals surface area contributed by atoms with Crippen LogP contribution in [-0.2, 0) is 12.8 Å². The summed E-state index contributed by atoms with van der Waals surface area (Å²) < 4.78 is 23.2. The largest absolute Gasteiger partial charge is 0.493 e. The predicted molar refractivity (Wildman–Crippen MR) is 160 cm³/mol. The molecule has 0 atom stereocenters. The third-order valence-electron chi connectivity index (χ3n) is 7.83. The number of rotatable bonds is 6. The summed E-state index contributed by atoms with van der Waals surface area (Å²) >= 11 is 0. The minimum atomic E-state index is -0.292. The minimum absolute atomic E-state index is 0.220. The van der Waals surface area contributed by atoms with Gasteiger partial charge in [0.05, 0.1) is 27.0 Å². The molecule has 2 aliphatic heterocycles. The second kappa shape index (κ2) is 10.8. The highest BCUT2D eigenvalue weighted by Crippen LogP contribution is 2.42. The number of hydrogen-bond donors (Lipinski definition) is 1. The first-order valence-corrected chi connectivity index (χ1v) is 14.0. The summed E-state index contributed by atoms with van der Waals surface area (Å²) in [5.74, 6) is 1.10. The predicted octanol–water partition coefficient (Wildman–Crippen LogP) is 6.26. The average Bonchev–Trinajstić information content (AvgIpc) is 2.96. The number of hydrogen-bond acceptors (Lipinski definition) is 7. The van der Waals surface area contributed by atoms with Crippen LogP contribution in [0.2, 0.25) is 0 Å². The maximum absolute atomic E-state index is 13.8. The van der Waals surface area contributed by atoms with Gasteiger partial charge >= 0.3 is 0 Å². The van der Waals surface area contributed by atoms with Crippen LogP contribution in [0.5, 0.6) is 17.2 Å². The lowest BCUT2D eigenvalue weighted by atomic mass is 9.90. The van der Waals surface area contributed by atoms with Crippen molar-refractivity contribution < 1.29 is 23.4 Å². The van der Waals surface area contributed by atoms with Crippen LogP contribution in [0.4, 0.5) is 17.1 Å². The van der Waals surface area contributed by atoms with Gasteiger partial charge in [0.2, 0.25) is 11.3 Å². The highest BCUT2D eigenvalue weighted by Gasteiger charge is 2.27. The van der Waals surface area contributed by atoms with Gasteiger partial charge in [0.15, 0.2) is 11.5 Å². The summed E-state index contributed by atoms with van der Waals surface area (Å²) in [4.78, 5) is 21.2. The fourth-order valence-corrected chi connectivity index (χ4v) is 6.19. The number of amides is 1. The van der Waals surface area contributed by atoms with Crippen LogP contribution in [0.25, 0.3) is 11.0 Å². The Bertz CT molecular complexity index is 1690. The van der Waals surface area contributed by atoms with Crippen molar-refractivity contribution in [2.45, 2.75) is 39.5 Å². The van der Waals surface area contributed by atoms with Crippen molar-refractivity contribution in [3.63, 3.8) is 0 Å². The first kappa shape index (κ1) is 26.7. The van der Waals surface area contributed by atoms with Crippen LogP contribution in [0.1, 0.15) is 45.5 Å². The van der Waals surface area contributed by atoms with Gasteiger partial charge in [-0.1, -0.05) is 6.07 Å². The van der Waals surface area contributed by atoms with Gasteiger partial charge in [-0.05, 0) is 80.5 Å². The van der Waals surface area contributed by atoms with Crippen LogP contribution in [0, 0.1) is 13.8 Å². The molecule has 1 amide bonds. The Morgan fingerprint density at radius 2 is 1.56 bits per heavy atom. The molecule has 6 rings (SSSR count). The van der Waals surface area contributed by atoms with Gasteiger partial charge in [-0.2, -0.15) is 0 Å². The quantitative estimate of drug-likeness (QED) is 0.303. The van der Waals surface area contributed by atoms with Gasteiger partial charge in [-0.25, -0.2) is 4.99 Å². The normalized spacial score (nSPS) is 14.6. The third kappa shape index (κ3) is 4.99. The zero-order chi connectivity index (χ0) is 28.7. The molecule has 3 aromatic carbocycles. The maximum atomic E-state index is 13.8. The van der Waals surface area contributed by atoms with Gasteiger partial charge in [-0.3, -0.25) is 4.79 Å². The number of nitrogens with one attached hydrogen (secondary N) is 1. The molecule has 0 radical (unpaired) electrons. The molecule has 0 aliphatic carbocycles. The van der Waals surface area contributed by atoms with E-state index in [0.29, 0.717) is 28.5 Å². The van der Waals surface area contributed by atoms with E-state index in [2.05, 4.69) is 22.3 Å². The van der Waals surface area contributed by atoms with Crippen molar-refractivity contribution in [2.75, 3.05) is 44.6 Å². The number of nitrogens with zero attached hydrogens (tertiary/aromatic N) is 2. The zero-order valence-corrected chi connectivity index (χ0v) is 24.2. The Kier molecular flexibility index (Phi) is 7.07. The molecular weight excluding hydrogens is 518 g/mol. The first-order valence-electron chi connectivity index (χ1n) is 14.0. The van der Waals surface area contributed by atoms with Crippen molar-refractivity contribution in [3.8, 4) is 17.2 Å². The monoisotopic (exact) mass is 553 g/mol. The highest BCUT2D eigenvalue weighted by molar-refractivity contribution is 6.06. The van der Waals surface area contributed by atoms with E-state index in [-0.39, 0.29) is 11.5 Å². The van der Waals surface area contributed by atoms with E-state index in [9.17, 15) is 4.79 Å². The number of fused-ring (bicyclic) bond motifs is 2. The summed E-state index contributed by atoms with van der Waals surface area (Å²) in [6.07, 6.45) is 4.15. The van der Waals surface area contributed by atoms with Crippen LogP contribution < -0.4 is 30.0 Å². The van der Waals surface area contributed by atoms with E-state index < -0.39 is 0 Å². The molecular formula is C33H35N3O5. The van der Waals surface area contributed by atoms with Gasteiger partial charge in [0, 0.05) is 47.5 Å². The SMILES string of the molecule is COc1cc(N=c2oc3c4c5c(cc3cc2C(=O)Nc2cc(C)cc(C)c2)CCCN5CCC4)cc(OC)c1OC. The summed E-state index contributed by atoms with van der Waals surface area (Å²) in [6.45, 7) is 6.14. The maximum Gasteiger partial charge on any atom is 0.261 e. The van der Waals surface area contributed by atoms with E-state index in [1.165, 1.54) is 16.8 Å². The number of benzene rings is 3. The Balaban J connectivity index is 1.57. The van der Waals surface area contributed by atoms with E-state index >= 15 is 0 Å². The molecule has 212 valence electrons. The number of methoxy groups -OCH3 is 3. The van der Waals surface area contributed by atoms with Gasteiger partial charge < -0.3 is 28.8 Å². The second-order valence-electron chi connectivity index (χ2n) is 10.8. The first-order chi connectivity index (χ1) is 19.9. The Morgan fingerprint density at radius 3 is 2.22 bits per heavy atom. The number of aryl methyl sites for hydroxylation is 4. The van der Waals surface area contributed by atoms with Crippen LogP contribution in [-0.4, -0.2) is 40.3 Å². The molecule has 2 aliphatic rings. The average molecular weight is 554 g/mol. The molecule has 0 spiro atoms. The topological polar surface area (TPSA) is 85.5 Å². The smallest absolute Gasteiger partial charge is 0.261 e. The summed E-state index contributed by atoms with van der Waals surface area (Å²) in [5.41, 5.74) is 8.55. The Labute approximate surface area is 239 Å². The molecule has 0 saturated carbocycles. The Morgan fingerprint density at radius 1 is 0.878 bits per heavy atom. The lowest BCUT2D eigenvalue weighted by Gasteiger charge is -2.37. The summed E-state index contributed by atoms with van der Waals surface area (Å²) in [7, 11) is 4.68. The lowest BCUT2D eigenvalue weighted by Crippen LogP contribution is -2.34. The fourth-order valence-electron chi connectivity index (χ4n) is 6.19. The molecule has 1 N–H and O–H groups in total. The van der Waals surface area contributed by atoms with Gasteiger partial charge in [-0.15, -0.1) is 0 Å². The number of ether oxygens (including phenoxy) is 3. The molecule has 0 bridgehead atoms. The van der Waals surface area contributed by atoms with E-state index in [0.717, 1.165) is 66.6 Å². The molecule has 41 heavy (non-hydrogen) atoms. The van der Waals surface area contributed by atoms with Gasteiger partial charge in [0.25, 0.3) is 5.91 Å². The van der Waals surface area contributed by atoms with Crippen LogP contribution in [0.3, 0.4) is 0 Å². The molecule has 0 saturated heterocycles. The third-order valence-corrected chi connectivity index (χ3v) is 7.83. The lowest BCUT2D eigenvalue weighted by molar-refractivity contribution is 0.102. The number of anilines is 2. The Hall–Kier alpha value is -4.46.